The first kappa shape index (κ1) is 10.8. The number of pyridine rings is 1. The maximum Gasteiger partial charge on any atom is 0.101 e. The number of thioether (sulfide) groups is 1. The van der Waals surface area contributed by atoms with Gasteiger partial charge in [-0.1, -0.05) is 6.08 Å². The van der Waals surface area contributed by atoms with Crippen molar-refractivity contribution in [1.82, 2.24) is 4.98 Å². The highest BCUT2D eigenvalue weighted by atomic mass is 32.2. The topological polar surface area (TPSA) is 36.7 Å². The molecule has 1 heterocycles. The number of aromatic nitrogens is 1. The molecule has 0 saturated carbocycles. The van der Waals surface area contributed by atoms with Crippen LogP contribution in [0.1, 0.15) is 16.8 Å². The molecule has 0 unspecified atom stereocenters. The molecule has 0 aliphatic carbocycles. The van der Waals surface area contributed by atoms with E-state index in [0.29, 0.717) is 5.56 Å². The van der Waals surface area contributed by atoms with E-state index >= 15 is 0 Å². The number of rotatable bonds is 3. The molecule has 0 saturated heterocycles. The second-order valence-electron chi connectivity index (χ2n) is 2.95. The number of hydrogen-bond donors (Lipinski definition) is 0. The van der Waals surface area contributed by atoms with E-state index in [1.807, 2.05) is 26.0 Å². The maximum absolute atomic E-state index is 8.85. The monoisotopic (exact) mass is 204 g/mol. The first-order valence-corrected chi connectivity index (χ1v) is 5.29. The molecule has 0 amide bonds. The van der Waals surface area contributed by atoms with Gasteiger partial charge in [0.25, 0.3) is 0 Å². The Balaban J connectivity index is 3.02. The van der Waals surface area contributed by atoms with Gasteiger partial charge < -0.3 is 0 Å². The molecule has 2 nitrogen and oxygen atoms in total. The molecule has 0 fully saturated rings. The normalized spacial score (nSPS) is 9.50. The molecule has 0 atom stereocenters. The van der Waals surface area contributed by atoms with E-state index in [1.165, 1.54) is 0 Å². The first-order chi connectivity index (χ1) is 6.69. The predicted molar refractivity (Wildman–Crippen MR) is 59.3 cm³/mol. The van der Waals surface area contributed by atoms with Gasteiger partial charge in [0.1, 0.15) is 6.07 Å². The summed E-state index contributed by atoms with van der Waals surface area (Å²) in [6, 6.07) is 4.10. The minimum absolute atomic E-state index is 0.688. The highest BCUT2D eigenvalue weighted by Gasteiger charge is 2.05. The van der Waals surface area contributed by atoms with E-state index in [9.17, 15) is 0 Å². The fourth-order valence-electron chi connectivity index (χ4n) is 1.18. The second kappa shape index (κ2) is 4.83. The highest BCUT2D eigenvalue weighted by molar-refractivity contribution is 7.99. The molecule has 0 bridgehead atoms. The summed E-state index contributed by atoms with van der Waals surface area (Å²) in [7, 11) is 0. The van der Waals surface area contributed by atoms with E-state index < -0.39 is 0 Å². The van der Waals surface area contributed by atoms with E-state index in [1.54, 1.807) is 11.8 Å². The molecule has 1 rings (SSSR count). The molecule has 3 heteroatoms. The molecule has 1 aromatic rings. The molecular formula is C11H12N2S. The predicted octanol–water partition coefficient (Wildman–Crippen LogP) is 2.85. The fraction of sp³-hybridized carbons (Fsp3) is 0.273. The van der Waals surface area contributed by atoms with E-state index in [0.717, 1.165) is 22.0 Å². The van der Waals surface area contributed by atoms with Gasteiger partial charge in [-0.25, -0.2) is 4.98 Å². The summed E-state index contributed by atoms with van der Waals surface area (Å²) in [6.07, 6.45) is 1.84. The zero-order valence-corrected chi connectivity index (χ0v) is 9.19. The van der Waals surface area contributed by atoms with Gasteiger partial charge in [-0.15, -0.1) is 18.3 Å². The van der Waals surface area contributed by atoms with E-state index in [2.05, 4.69) is 17.6 Å². The number of nitriles is 1. The van der Waals surface area contributed by atoms with Gasteiger partial charge in [-0.2, -0.15) is 5.26 Å². The number of hydrogen-bond acceptors (Lipinski definition) is 3. The van der Waals surface area contributed by atoms with Gasteiger partial charge >= 0.3 is 0 Å². The van der Waals surface area contributed by atoms with Crippen LogP contribution in [0, 0.1) is 25.2 Å². The summed E-state index contributed by atoms with van der Waals surface area (Å²) >= 11 is 1.63. The van der Waals surface area contributed by atoms with Gasteiger partial charge in [0, 0.05) is 5.75 Å². The SMILES string of the molecule is C=CCSc1cc(C)c(C#N)c(C)n1. The van der Waals surface area contributed by atoms with Crippen LogP contribution in [-0.4, -0.2) is 10.7 Å². The fourth-order valence-corrected chi connectivity index (χ4v) is 1.93. The Labute approximate surface area is 88.7 Å². The van der Waals surface area contributed by atoms with Crippen molar-refractivity contribution in [1.29, 1.82) is 5.26 Å². The van der Waals surface area contributed by atoms with Crippen LogP contribution in [0.25, 0.3) is 0 Å². The van der Waals surface area contributed by atoms with Crippen molar-refractivity contribution >= 4 is 11.8 Å². The average Bonchev–Trinajstić information content (AvgIpc) is 2.14. The minimum atomic E-state index is 0.688. The minimum Gasteiger partial charge on any atom is -0.245 e. The van der Waals surface area contributed by atoms with Gasteiger partial charge in [0.05, 0.1) is 16.3 Å². The van der Waals surface area contributed by atoms with Crippen molar-refractivity contribution in [2.45, 2.75) is 18.9 Å². The lowest BCUT2D eigenvalue weighted by Gasteiger charge is -2.04. The van der Waals surface area contributed by atoms with Crippen molar-refractivity contribution in [3.63, 3.8) is 0 Å². The van der Waals surface area contributed by atoms with Gasteiger partial charge in [0.15, 0.2) is 0 Å². The summed E-state index contributed by atoms with van der Waals surface area (Å²) in [5, 5.41) is 9.81. The van der Waals surface area contributed by atoms with Crippen molar-refractivity contribution in [3.05, 3.63) is 35.5 Å². The Kier molecular flexibility index (Phi) is 3.73. The third kappa shape index (κ3) is 2.36. The summed E-state index contributed by atoms with van der Waals surface area (Å²) < 4.78 is 0. The lowest BCUT2D eigenvalue weighted by molar-refractivity contribution is 1.04. The van der Waals surface area contributed by atoms with Crippen LogP contribution in [0.2, 0.25) is 0 Å². The lowest BCUT2D eigenvalue weighted by Crippen LogP contribution is -1.94. The first-order valence-electron chi connectivity index (χ1n) is 4.31. The number of nitrogens with zero attached hydrogens (tertiary/aromatic N) is 2. The summed E-state index contributed by atoms with van der Waals surface area (Å²) in [6.45, 7) is 7.45. The summed E-state index contributed by atoms with van der Waals surface area (Å²) in [5.41, 5.74) is 2.48. The smallest absolute Gasteiger partial charge is 0.101 e. The van der Waals surface area contributed by atoms with E-state index in [-0.39, 0.29) is 0 Å². The quantitative estimate of drug-likeness (QED) is 0.561. The molecule has 0 N–H and O–H groups in total. The standard InChI is InChI=1S/C11H12N2S/c1-4-5-14-11-6-8(2)10(7-12)9(3)13-11/h4,6H,1,5H2,2-3H3. The Bertz CT molecular complexity index is 368. The van der Waals surface area contributed by atoms with Crippen LogP contribution in [-0.2, 0) is 0 Å². The Morgan fingerprint density at radius 2 is 2.36 bits per heavy atom. The third-order valence-electron chi connectivity index (χ3n) is 1.83. The Morgan fingerprint density at radius 3 is 2.86 bits per heavy atom. The Morgan fingerprint density at radius 1 is 1.64 bits per heavy atom. The largest absolute Gasteiger partial charge is 0.245 e. The van der Waals surface area contributed by atoms with Crippen molar-refractivity contribution in [3.8, 4) is 6.07 Å². The molecule has 0 aromatic carbocycles. The van der Waals surface area contributed by atoms with Crippen LogP contribution < -0.4 is 0 Å². The lowest BCUT2D eigenvalue weighted by atomic mass is 10.1. The molecule has 14 heavy (non-hydrogen) atoms. The molecule has 72 valence electrons. The van der Waals surface area contributed by atoms with Gasteiger partial charge in [0.2, 0.25) is 0 Å². The van der Waals surface area contributed by atoms with Crippen LogP contribution in [0.3, 0.4) is 0 Å². The number of aryl methyl sites for hydroxylation is 2. The van der Waals surface area contributed by atoms with Gasteiger partial charge in [-0.05, 0) is 25.5 Å². The van der Waals surface area contributed by atoms with Crippen molar-refractivity contribution in [2.75, 3.05) is 5.75 Å². The van der Waals surface area contributed by atoms with Gasteiger partial charge in [-0.3, -0.25) is 0 Å². The molecular weight excluding hydrogens is 192 g/mol. The second-order valence-corrected chi connectivity index (χ2v) is 3.99. The molecule has 0 spiro atoms. The molecule has 1 aromatic heterocycles. The Hall–Kier alpha value is -1.27. The van der Waals surface area contributed by atoms with Crippen molar-refractivity contribution in [2.24, 2.45) is 0 Å². The van der Waals surface area contributed by atoms with Crippen LogP contribution >= 0.6 is 11.8 Å². The van der Waals surface area contributed by atoms with Crippen LogP contribution in [0.15, 0.2) is 23.7 Å². The molecule has 0 radical (unpaired) electrons. The average molecular weight is 204 g/mol. The molecule has 0 aliphatic rings. The summed E-state index contributed by atoms with van der Waals surface area (Å²) in [5.74, 6) is 0.845. The zero-order valence-electron chi connectivity index (χ0n) is 8.37. The third-order valence-corrected chi connectivity index (χ3v) is 2.74. The summed E-state index contributed by atoms with van der Waals surface area (Å²) in [4.78, 5) is 4.34. The highest BCUT2D eigenvalue weighted by Crippen LogP contribution is 2.20. The molecule has 0 aliphatic heterocycles. The maximum atomic E-state index is 8.85. The van der Waals surface area contributed by atoms with Crippen LogP contribution in [0.4, 0.5) is 0 Å². The van der Waals surface area contributed by atoms with Crippen molar-refractivity contribution < 1.29 is 0 Å². The van der Waals surface area contributed by atoms with E-state index in [4.69, 9.17) is 5.26 Å². The van der Waals surface area contributed by atoms with Crippen LogP contribution in [0.5, 0.6) is 0 Å². The zero-order chi connectivity index (χ0) is 10.6.